The summed E-state index contributed by atoms with van der Waals surface area (Å²) in [5.41, 5.74) is 2.23. The fourth-order valence-corrected chi connectivity index (χ4v) is 4.57. The predicted molar refractivity (Wildman–Crippen MR) is 119 cm³/mol. The van der Waals surface area contributed by atoms with Crippen molar-refractivity contribution in [1.29, 1.82) is 0 Å². The number of nitrogens with one attached hydrogen (secondary N) is 1. The molecule has 2 aromatic heterocycles. The SMILES string of the molecule is CCOc1cccc2sc(-n3nc(C)cc3NC(=O)c3ccccc3SC)nc12. The highest BCUT2D eigenvalue weighted by Gasteiger charge is 2.18. The number of aromatic nitrogens is 3. The minimum Gasteiger partial charge on any atom is -0.492 e. The number of ether oxygens (including phenoxy) is 1. The molecule has 0 fully saturated rings. The summed E-state index contributed by atoms with van der Waals surface area (Å²) in [7, 11) is 0. The van der Waals surface area contributed by atoms with Crippen molar-refractivity contribution < 1.29 is 9.53 Å². The smallest absolute Gasteiger partial charge is 0.257 e. The Balaban J connectivity index is 1.71. The molecule has 1 N–H and O–H groups in total. The van der Waals surface area contributed by atoms with Crippen LogP contribution in [-0.2, 0) is 0 Å². The number of anilines is 1. The molecular formula is C21H20N4O2S2. The van der Waals surface area contributed by atoms with Gasteiger partial charge in [-0.05, 0) is 44.4 Å². The molecule has 0 spiro atoms. The second kappa shape index (κ2) is 8.26. The third-order valence-corrected chi connectivity index (χ3v) is 6.07. The number of aryl methyl sites for hydroxylation is 1. The van der Waals surface area contributed by atoms with E-state index in [1.165, 1.54) is 11.3 Å². The summed E-state index contributed by atoms with van der Waals surface area (Å²) in [5.74, 6) is 1.16. The van der Waals surface area contributed by atoms with Gasteiger partial charge in [-0.25, -0.2) is 4.98 Å². The number of rotatable bonds is 6. The van der Waals surface area contributed by atoms with Gasteiger partial charge in [0, 0.05) is 11.0 Å². The first-order chi connectivity index (χ1) is 14.1. The van der Waals surface area contributed by atoms with Crippen LogP contribution in [0.15, 0.2) is 53.4 Å². The first-order valence-electron chi connectivity index (χ1n) is 9.14. The summed E-state index contributed by atoms with van der Waals surface area (Å²) < 4.78 is 8.37. The molecule has 0 aliphatic rings. The van der Waals surface area contributed by atoms with Gasteiger partial charge in [-0.15, -0.1) is 11.8 Å². The number of benzene rings is 2. The van der Waals surface area contributed by atoms with E-state index in [9.17, 15) is 4.79 Å². The van der Waals surface area contributed by atoms with Crippen LogP contribution in [0, 0.1) is 6.92 Å². The quantitative estimate of drug-likeness (QED) is 0.433. The third-order valence-electron chi connectivity index (χ3n) is 4.28. The lowest BCUT2D eigenvalue weighted by atomic mass is 10.2. The van der Waals surface area contributed by atoms with E-state index < -0.39 is 0 Å². The van der Waals surface area contributed by atoms with Gasteiger partial charge < -0.3 is 10.1 Å². The van der Waals surface area contributed by atoms with E-state index in [4.69, 9.17) is 9.72 Å². The van der Waals surface area contributed by atoms with Gasteiger partial charge in [0.25, 0.3) is 5.91 Å². The summed E-state index contributed by atoms with van der Waals surface area (Å²) in [5, 5.41) is 8.21. The van der Waals surface area contributed by atoms with Crippen LogP contribution in [0.3, 0.4) is 0 Å². The van der Waals surface area contributed by atoms with Crippen molar-refractivity contribution in [1.82, 2.24) is 14.8 Å². The Labute approximate surface area is 176 Å². The molecule has 8 heteroatoms. The van der Waals surface area contributed by atoms with Crippen molar-refractivity contribution in [3.63, 3.8) is 0 Å². The van der Waals surface area contributed by atoms with Gasteiger partial charge in [0.05, 0.1) is 22.6 Å². The van der Waals surface area contributed by atoms with Crippen LogP contribution < -0.4 is 10.1 Å². The monoisotopic (exact) mass is 424 g/mol. The van der Waals surface area contributed by atoms with E-state index in [0.717, 1.165) is 26.6 Å². The van der Waals surface area contributed by atoms with E-state index in [0.29, 0.717) is 23.1 Å². The Morgan fingerprint density at radius 2 is 2.07 bits per heavy atom. The van der Waals surface area contributed by atoms with Crippen LogP contribution in [-0.4, -0.2) is 33.5 Å². The highest BCUT2D eigenvalue weighted by atomic mass is 32.2. The van der Waals surface area contributed by atoms with Crippen LogP contribution in [0.2, 0.25) is 0 Å². The van der Waals surface area contributed by atoms with Gasteiger partial charge in [0.1, 0.15) is 17.1 Å². The van der Waals surface area contributed by atoms with Gasteiger partial charge in [0.15, 0.2) is 0 Å². The van der Waals surface area contributed by atoms with Crippen LogP contribution >= 0.6 is 23.1 Å². The van der Waals surface area contributed by atoms with E-state index in [1.54, 1.807) is 16.4 Å². The van der Waals surface area contributed by atoms with Crippen molar-refractivity contribution in [2.45, 2.75) is 18.7 Å². The van der Waals surface area contributed by atoms with Crippen LogP contribution in [0.1, 0.15) is 23.0 Å². The lowest BCUT2D eigenvalue weighted by molar-refractivity contribution is 0.102. The maximum Gasteiger partial charge on any atom is 0.257 e. The molecule has 2 aromatic carbocycles. The first kappa shape index (κ1) is 19.5. The maximum absolute atomic E-state index is 12.9. The fraction of sp³-hybridized carbons (Fsp3) is 0.190. The van der Waals surface area contributed by atoms with Gasteiger partial charge in [-0.2, -0.15) is 9.78 Å². The molecule has 0 bridgehead atoms. The molecule has 0 saturated heterocycles. The average molecular weight is 425 g/mol. The van der Waals surface area contributed by atoms with Crippen molar-refractivity contribution in [3.8, 4) is 10.9 Å². The van der Waals surface area contributed by atoms with E-state index in [2.05, 4.69) is 10.4 Å². The maximum atomic E-state index is 12.9. The Hall–Kier alpha value is -2.84. The topological polar surface area (TPSA) is 69.0 Å². The predicted octanol–water partition coefficient (Wildman–Crippen LogP) is 5.16. The molecule has 29 heavy (non-hydrogen) atoms. The second-order valence-corrected chi connectivity index (χ2v) is 8.13. The molecule has 4 aromatic rings. The van der Waals surface area contributed by atoms with Gasteiger partial charge in [-0.3, -0.25) is 4.79 Å². The van der Waals surface area contributed by atoms with Crippen molar-refractivity contribution in [3.05, 3.63) is 59.8 Å². The number of hydrogen-bond acceptors (Lipinski definition) is 6. The summed E-state index contributed by atoms with van der Waals surface area (Å²) in [6.07, 6.45) is 1.96. The second-order valence-electron chi connectivity index (χ2n) is 6.27. The number of thiazole rings is 1. The summed E-state index contributed by atoms with van der Waals surface area (Å²) >= 11 is 3.04. The minimum atomic E-state index is -0.174. The Morgan fingerprint density at radius 3 is 2.86 bits per heavy atom. The highest BCUT2D eigenvalue weighted by molar-refractivity contribution is 7.98. The summed E-state index contributed by atoms with van der Waals surface area (Å²) in [6.45, 7) is 4.41. The first-order valence-corrected chi connectivity index (χ1v) is 11.2. The van der Waals surface area contributed by atoms with Gasteiger partial charge in [-0.1, -0.05) is 29.5 Å². The van der Waals surface area contributed by atoms with Crippen molar-refractivity contribution in [2.75, 3.05) is 18.2 Å². The number of fused-ring (bicyclic) bond motifs is 1. The standard InChI is InChI=1S/C21H20N4O2S2/c1-4-27-15-9-7-11-17-19(15)23-21(29-17)25-18(12-13(2)24-25)22-20(26)14-8-5-6-10-16(14)28-3/h5-12H,4H2,1-3H3,(H,22,26). The Kier molecular flexibility index (Phi) is 5.55. The zero-order chi connectivity index (χ0) is 20.4. The average Bonchev–Trinajstić information content (AvgIpc) is 3.31. The Bertz CT molecular complexity index is 1180. The highest BCUT2D eigenvalue weighted by Crippen LogP contribution is 2.33. The molecular weight excluding hydrogens is 404 g/mol. The van der Waals surface area contributed by atoms with Crippen LogP contribution in [0.5, 0.6) is 5.75 Å². The normalized spacial score (nSPS) is 11.0. The number of amides is 1. The van der Waals surface area contributed by atoms with Gasteiger partial charge in [0.2, 0.25) is 5.13 Å². The van der Waals surface area contributed by atoms with Gasteiger partial charge >= 0.3 is 0 Å². The molecule has 0 atom stereocenters. The number of para-hydroxylation sites is 1. The summed E-state index contributed by atoms with van der Waals surface area (Å²) in [4.78, 5) is 18.5. The largest absolute Gasteiger partial charge is 0.492 e. The zero-order valence-corrected chi connectivity index (χ0v) is 17.9. The number of carbonyl (C=O) groups is 1. The van der Waals surface area contributed by atoms with E-state index >= 15 is 0 Å². The number of hydrogen-bond donors (Lipinski definition) is 1. The van der Waals surface area contributed by atoms with E-state index in [-0.39, 0.29) is 5.91 Å². The molecule has 0 aliphatic heterocycles. The lowest BCUT2D eigenvalue weighted by Gasteiger charge is -2.09. The molecule has 0 saturated carbocycles. The Morgan fingerprint density at radius 1 is 1.24 bits per heavy atom. The number of thioether (sulfide) groups is 1. The molecule has 6 nitrogen and oxygen atoms in total. The van der Waals surface area contributed by atoms with Crippen molar-refractivity contribution >= 4 is 45.0 Å². The molecule has 148 valence electrons. The summed E-state index contributed by atoms with van der Waals surface area (Å²) in [6, 6.07) is 15.2. The number of carbonyl (C=O) groups excluding carboxylic acids is 1. The van der Waals surface area contributed by atoms with E-state index in [1.807, 2.05) is 68.6 Å². The minimum absolute atomic E-state index is 0.174. The lowest BCUT2D eigenvalue weighted by Crippen LogP contribution is -2.15. The molecule has 2 heterocycles. The van der Waals surface area contributed by atoms with Crippen LogP contribution in [0.25, 0.3) is 15.3 Å². The third kappa shape index (κ3) is 3.86. The molecule has 4 rings (SSSR count). The molecule has 0 radical (unpaired) electrons. The molecule has 1 amide bonds. The van der Waals surface area contributed by atoms with Crippen molar-refractivity contribution in [2.24, 2.45) is 0 Å². The van der Waals surface area contributed by atoms with Crippen LogP contribution in [0.4, 0.5) is 5.82 Å². The zero-order valence-electron chi connectivity index (χ0n) is 16.3. The molecule has 0 aliphatic carbocycles. The molecule has 0 unspecified atom stereocenters. The number of nitrogens with zero attached hydrogens (tertiary/aromatic N) is 3. The fourth-order valence-electron chi connectivity index (χ4n) is 3.02.